The van der Waals surface area contributed by atoms with Crippen LogP contribution in [-0.2, 0) is 11.8 Å². The lowest BCUT2D eigenvalue weighted by molar-refractivity contribution is 0.441. The standard InChI is InChI=1S/C13H17ClO/c1-5-6-9-7-10(14)8-11(12(9)15)13(2,3)4/h5,7-8,15H,1,6H2,2-4H3. The van der Waals surface area contributed by atoms with E-state index in [-0.39, 0.29) is 5.41 Å². The van der Waals surface area contributed by atoms with E-state index in [2.05, 4.69) is 27.4 Å². The third kappa shape index (κ3) is 2.75. The van der Waals surface area contributed by atoms with E-state index in [4.69, 9.17) is 11.6 Å². The topological polar surface area (TPSA) is 20.2 Å². The minimum Gasteiger partial charge on any atom is -0.507 e. The second kappa shape index (κ2) is 4.28. The first-order valence-corrected chi connectivity index (χ1v) is 5.37. The molecule has 0 aliphatic rings. The van der Waals surface area contributed by atoms with Crippen LogP contribution >= 0.6 is 11.6 Å². The fourth-order valence-electron chi connectivity index (χ4n) is 1.54. The van der Waals surface area contributed by atoms with Gasteiger partial charge in [0.05, 0.1) is 0 Å². The van der Waals surface area contributed by atoms with Crippen molar-refractivity contribution in [3.63, 3.8) is 0 Å². The molecular weight excluding hydrogens is 208 g/mol. The molecule has 2 heteroatoms. The molecule has 0 bridgehead atoms. The van der Waals surface area contributed by atoms with Crippen molar-refractivity contribution in [1.29, 1.82) is 0 Å². The lowest BCUT2D eigenvalue weighted by Gasteiger charge is -2.22. The lowest BCUT2D eigenvalue weighted by atomic mass is 9.85. The third-order valence-corrected chi connectivity index (χ3v) is 2.54. The highest BCUT2D eigenvalue weighted by Crippen LogP contribution is 2.36. The molecule has 0 fully saturated rings. The van der Waals surface area contributed by atoms with E-state index < -0.39 is 0 Å². The molecule has 0 aliphatic carbocycles. The van der Waals surface area contributed by atoms with Crippen LogP contribution in [0.4, 0.5) is 0 Å². The molecule has 15 heavy (non-hydrogen) atoms. The number of benzene rings is 1. The van der Waals surface area contributed by atoms with Crippen molar-refractivity contribution in [3.05, 3.63) is 40.9 Å². The summed E-state index contributed by atoms with van der Waals surface area (Å²) in [5.74, 6) is 0.340. The van der Waals surface area contributed by atoms with Crippen LogP contribution in [0.1, 0.15) is 31.9 Å². The largest absolute Gasteiger partial charge is 0.507 e. The van der Waals surface area contributed by atoms with Gasteiger partial charge in [-0.1, -0.05) is 38.4 Å². The van der Waals surface area contributed by atoms with Crippen molar-refractivity contribution in [1.82, 2.24) is 0 Å². The van der Waals surface area contributed by atoms with Gasteiger partial charge in [0, 0.05) is 10.6 Å². The quantitative estimate of drug-likeness (QED) is 0.751. The molecule has 0 spiro atoms. The summed E-state index contributed by atoms with van der Waals surface area (Å²) in [5.41, 5.74) is 1.61. The van der Waals surface area contributed by atoms with Crippen LogP contribution in [0.3, 0.4) is 0 Å². The van der Waals surface area contributed by atoms with E-state index in [0.29, 0.717) is 17.2 Å². The van der Waals surface area contributed by atoms with Gasteiger partial charge in [-0.15, -0.1) is 6.58 Å². The fraction of sp³-hybridized carbons (Fsp3) is 0.385. The van der Waals surface area contributed by atoms with Crippen molar-refractivity contribution < 1.29 is 5.11 Å². The molecule has 0 saturated heterocycles. The highest BCUT2D eigenvalue weighted by atomic mass is 35.5. The molecule has 0 aliphatic heterocycles. The number of allylic oxidation sites excluding steroid dienone is 1. The average Bonchev–Trinajstić information content (AvgIpc) is 2.09. The zero-order valence-corrected chi connectivity index (χ0v) is 10.2. The van der Waals surface area contributed by atoms with Gasteiger partial charge in [0.1, 0.15) is 5.75 Å². The van der Waals surface area contributed by atoms with Crippen molar-refractivity contribution >= 4 is 11.6 Å². The predicted molar refractivity (Wildman–Crippen MR) is 65.7 cm³/mol. The number of hydrogen-bond acceptors (Lipinski definition) is 1. The summed E-state index contributed by atoms with van der Waals surface area (Å²) in [4.78, 5) is 0. The lowest BCUT2D eigenvalue weighted by Crippen LogP contribution is -2.12. The number of aromatic hydroxyl groups is 1. The van der Waals surface area contributed by atoms with Gasteiger partial charge in [0.2, 0.25) is 0 Å². The fourth-order valence-corrected chi connectivity index (χ4v) is 1.78. The Morgan fingerprint density at radius 1 is 1.40 bits per heavy atom. The first-order chi connectivity index (χ1) is 6.86. The average molecular weight is 225 g/mol. The minimum atomic E-state index is -0.106. The number of phenols is 1. The Labute approximate surface area is 96.4 Å². The number of rotatable bonds is 2. The molecule has 1 nitrogen and oxygen atoms in total. The second-order valence-corrected chi connectivity index (χ2v) is 5.14. The smallest absolute Gasteiger partial charge is 0.122 e. The van der Waals surface area contributed by atoms with Crippen LogP contribution in [0.25, 0.3) is 0 Å². The zero-order valence-electron chi connectivity index (χ0n) is 9.47. The van der Waals surface area contributed by atoms with Crippen LogP contribution < -0.4 is 0 Å². The van der Waals surface area contributed by atoms with Crippen molar-refractivity contribution in [2.45, 2.75) is 32.6 Å². The predicted octanol–water partition coefficient (Wildman–Crippen LogP) is 4.07. The molecule has 0 atom stereocenters. The molecule has 0 unspecified atom stereocenters. The number of phenolic OH excluding ortho intramolecular Hbond substituents is 1. The van der Waals surface area contributed by atoms with E-state index in [9.17, 15) is 5.11 Å². The molecule has 1 aromatic carbocycles. The second-order valence-electron chi connectivity index (χ2n) is 4.70. The molecule has 1 N–H and O–H groups in total. The van der Waals surface area contributed by atoms with Gasteiger partial charge in [0.25, 0.3) is 0 Å². The zero-order chi connectivity index (χ0) is 11.6. The Hall–Kier alpha value is -0.950. The third-order valence-electron chi connectivity index (χ3n) is 2.33. The van der Waals surface area contributed by atoms with E-state index in [1.807, 2.05) is 6.07 Å². The highest BCUT2D eigenvalue weighted by molar-refractivity contribution is 6.30. The molecule has 0 radical (unpaired) electrons. The van der Waals surface area contributed by atoms with Gasteiger partial charge in [0.15, 0.2) is 0 Å². The Morgan fingerprint density at radius 3 is 2.47 bits per heavy atom. The van der Waals surface area contributed by atoms with Crippen molar-refractivity contribution in [2.75, 3.05) is 0 Å². The Balaban J connectivity index is 3.34. The van der Waals surface area contributed by atoms with E-state index >= 15 is 0 Å². The highest BCUT2D eigenvalue weighted by Gasteiger charge is 2.20. The maximum atomic E-state index is 10.1. The van der Waals surface area contributed by atoms with E-state index in [1.165, 1.54) is 0 Å². The Morgan fingerprint density at radius 2 is 2.00 bits per heavy atom. The molecule has 0 heterocycles. The molecule has 0 saturated carbocycles. The summed E-state index contributed by atoms with van der Waals surface area (Å²) in [6, 6.07) is 3.61. The van der Waals surface area contributed by atoms with Crippen molar-refractivity contribution in [3.8, 4) is 5.75 Å². The van der Waals surface area contributed by atoms with Crippen LogP contribution in [0.15, 0.2) is 24.8 Å². The van der Waals surface area contributed by atoms with Crippen LogP contribution in [0, 0.1) is 0 Å². The number of hydrogen-bond donors (Lipinski definition) is 1. The van der Waals surface area contributed by atoms with Crippen LogP contribution in [-0.4, -0.2) is 5.11 Å². The minimum absolute atomic E-state index is 0.106. The summed E-state index contributed by atoms with van der Waals surface area (Å²) in [7, 11) is 0. The molecule has 0 aromatic heterocycles. The monoisotopic (exact) mass is 224 g/mol. The first-order valence-electron chi connectivity index (χ1n) is 4.99. The Bertz CT molecular complexity index is 375. The van der Waals surface area contributed by atoms with Crippen molar-refractivity contribution in [2.24, 2.45) is 0 Å². The Kier molecular flexibility index (Phi) is 3.46. The van der Waals surface area contributed by atoms with Gasteiger partial charge < -0.3 is 5.11 Å². The van der Waals surface area contributed by atoms with Crippen LogP contribution in [0.2, 0.25) is 5.02 Å². The molecule has 1 rings (SSSR count). The van der Waals surface area contributed by atoms with Gasteiger partial charge in [-0.25, -0.2) is 0 Å². The first kappa shape index (κ1) is 12.1. The summed E-state index contributed by atoms with van der Waals surface area (Å²) < 4.78 is 0. The maximum Gasteiger partial charge on any atom is 0.122 e. The summed E-state index contributed by atoms with van der Waals surface area (Å²) >= 11 is 6.02. The molecule has 82 valence electrons. The summed E-state index contributed by atoms with van der Waals surface area (Å²) in [6.45, 7) is 9.82. The molecular formula is C13H17ClO. The van der Waals surface area contributed by atoms with E-state index in [0.717, 1.165) is 11.1 Å². The summed E-state index contributed by atoms with van der Waals surface area (Å²) in [6.07, 6.45) is 2.40. The normalized spacial score (nSPS) is 11.5. The number of halogens is 1. The van der Waals surface area contributed by atoms with Gasteiger partial charge in [-0.3, -0.25) is 0 Å². The maximum absolute atomic E-state index is 10.1. The molecule has 1 aromatic rings. The SMILES string of the molecule is C=CCc1cc(Cl)cc(C(C)(C)C)c1O. The van der Waals surface area contributed by atoms with Gasteiger partial charge in [-0.05, 0) is 29.5 Å². The summed E-state index contributed by atoms with van der Waals surface area (Å²) in [5, 5.41) is 10.7. The molecule has 0 amide bonds. The van der Waals surface area contributed by atoms with E-state index in [1.54, 1.807) is 12.1 Å². The van der Waals surface area contributed by atoms with Gasteiger partial charge >= 0.3 is 0 Å². The van der Waals surface area contributed by atoms with Gasteiger partial charge in [-0.2, -0.15) is 0 Å². The van der Waals surface area contributed by atoms with Crippen LogP contribution in [0.5, 0.6) is 5.75 Å².